The van der Waals surface area contributed by atoms with Crippen LogP contribution in [0.5, 0.6) is 0 Å². The zero-order chi connectivity index (χ0) is 18.1. The molecule has 2 rings (SSSR count). The fourth-order valence-corrected chi connectivity index (χ4v) is 2.09. The normalized spacial score (nSPS) is 11.4. The van der Waals surface area contributed by atoms with Crippen LogP contribution in [0.15, 0.2) is 71.9 Å². The van der Waals surface area contributed by atoms with Crippen LogP contribution in [0.2, 0.25) is 0 Å². The van der Waals surface area contributed by atoms with Crippen molar-refractivity contribution in [2.45, 2.75) is 13.8 Å². The topological polar surface area (TPSA) is 65.0 Å². The van der Waals surface area contributed by atoms with E-state index >= 15 is 0 Å². The first-order chi connectivity index (χ1) is 12.1. The Hall–Kier alpha value is -3.21. The van der Waals surface area contributed by atoms with E-state index in [1.807, 2.05) is 54.6 Å². The second-order valence-electron chi connectivity index (χ2n) is 5.09. The Morgan fingerprint density at radius 2 is 1.60 bits per heavy atom. The van der Waals surface area contributed by atoms with Crippen molar-refractivity contribution in [3.8, 4) is 11.1 Å². The van der Waals surface area contributed by atoms with Gasteiger partial charge in [0, 0.05) is 18.6 Å². The molecule has 0 saturated carbocycles. The van der Waals surface area contributed by atoms with E-state index in [-0.39, 0.29) is 6.61 Å². The Labute approximate surface area is 146 Å². The van der Waals surface area contributed by atoms with Crippen LogP contribution in [0.1, 0.15) is 19.4 Å². The van der Waals surface area contributed by atoms with Gasteiger partial charge in [0.2, 0.25) is 0 Å². The van der Waals surface area contributed by atoms with Crippen LogP contribution in [-0.4, -0.2) is 24.3 Å². The Kier molecular flexibility index (Phi) is 6.65. The predicted octanol–water partition coefficient (Wildman–Crippen LogP) is 3.74. The first-order valence-electron chi connectivity index (χ1n) is 7.86. The molecule has 0 fully saturated rings. The highest BCUT2D eigenvalue weighted by Crippen LogP contribution is 2.19. The summed E-state index contributed by atoms with van der Waals surface area (Å²) in [4.78, 5) is 27.2. The van der Waals surface area contributed by atoms with E-state index in [4.69, 9.17) is 9.57 Å². The maximum atomic E-state index is 11.5. The van der Waals surface area contributed by atoms with Crippen LogP contribution >= 0.6 is 0 Å². The molecule has 0 amide bonds. The molecule has 0 unspecified atom stereocenters. The van der Waals surface area contributed by atoms with Gasteiger partial charge in [-0.3, -0.25) is 0 Å². The van der Waals surface area contributed by atoms with Crippen LogP contribution in [0.3, 0.4) is 0 Å². The van der Waals surface area contributed by atoms with Crippen molar-refractivity contribution in [3.05, 3.63) is 72.3 Å². The molecule has 0 saturated heterocycles. The number of nitrogens with zero attached hydrogens (tertiary/aromatic N) is 1. The quantitative estimate of drug-likeness (QED) is 0.265. The zero-order valence-electron chi connectivity index (χ0n) is 14.1. The number of oxime groups is 1. The van der Waals surface area contributed by atoms with Crippen molar-refractivity contribution in [2.24, 2.45) is 5.16 Å². The lowest BCUT2D eigenvalue weighted by atomic mass is 10.0. The molecule has 0 N–H and O–H groups in total. The van der Waals surface area contributed by atoms with Crippen molar-refractivity contribution in [3.63, 3.8) is 0 Å². The molecule has 0 atom stereocenters. The molecule has 0 heterocycles. The number of allylic oxidation sites excluding steroid dienone is 1. The van der Waals surface area contributed by atoms with Crippen LogP contribution in [-0.2, 0) is 19.2 Å². The van der Waals surface area contributed by atoms with Crippen LogP contribution in [0.25, 0.3) is 11.1 Å². The minimum absolute atomic E-state index is 0.283. The van der Waals surface area contributed by atoms with E-state index in [1.165, 1.54) is 19.1 Å². The minimum atomic E-state index is -0.539. The molecule has 0 aromatic heterocycles. The van der Waals surface area contributed by atoms with Gasteiger partial charge in [-0.05, 0) is 24.1 Å². The number of ether oxygens (including phenoxy) is 1. The van der Waals surface area contributed by atoms with E-state index in [0.717, 1.165) is 11.1 Å². The van der Waals surface area contributed by atoms with Gasteiger partial charge in [-0.25, -0.2) is 9.59 Å². The van der Waals surface area contributed by atoms with E-state index in [2.05, 4.69) is 5.16 Å². The molecule has 5 nitrogen and oxygen atoms in total. The number of carbonyl (C=O) groups is 2. The summed E-state index contributed by atoms with van der Waals surface area (Å²) in [6.45, 7) is 3.27. The summed E-state index contributed by atoms with van der Waals surface area (Å²) in [5, 5.41) is 3.80. The molecule has 0 aliphatic heterocycles. The van der Waals surface area contributed by atoms with Gasteiger partial charge in [-0.1, -0.05) is 59.8 Å². The van der Waals surface area contributed by atoms with Gasteiger partial charge >= 0.3 is 11.9 Å². The van der Waals surface area contributed by atoms with Gasteiger partial charge in [0.15, 0.2) is 0 Å². The summed E-state index contributed by atoms with van der Waals surface area (Å²) in [5.74, 6) is -1.03. The molecule has 0 spiro atoms. The van der Waals surface area contributed by atoms with Crippen molar-refractivity contribution < 1.29 is 19.2 Å². The van der Waals surface area contributed by atoms with E-state index in [0.29, 0.717) is 11.3 Å². The molecule has 128 valence electrons. The number of benzene rings is 2. The third kappa shape index (κ3) is 5.73. The van der Waals surface area contributed by atoms with Gasteiger partial charge in [0.25, 0.3) is 0 Å². The third-order valence-electron chi connectivity index (χ3n) is 3.22. The van der Waals surface area contributed by atoms with Crippen molar-refractivity contribution in [1.82, 2.24) is 0 Å². The Balaban J connectivity index is 2.26. The standard InChI is InChI=1S/C20H19NO4/c1-3-24-20(23)14-13-19(21-25-15(2)22)18-11-9-17(10-12-18)16-7-5-4-6-8-16/h4-14H,3H2,1-2H3. The summed E-state index contributed by atoms with van der Waals surface area (Å²) in [6.07, 6.45) is 2.70. The smallest absolute Gasteiger partial charge is 0.332 e. The molecule has 2 aromatic carbocycles. The lowest BCUT2D eigenvalue weighted by molar-refractivity contribution is -0.141. The summed E-state index contributed by atoms with van der Waals surface area (Å²) < 4.78 is 4.84. The SMILES string of the molecule is CCOC(=O)C=CC(=NOC(C)=O)c1ccc(-c2ccccc2)cc1. The number of hydrogen-bond donors (Lipinski definition) is 0. The molecule has 0 radical (unpaired) electrons. The van der Waals surface area contributed by atoms with E-state index < -0.39 is 11.9 Å². The van der Waals surface area contributed by atoms with Crippen LogP contribution in [0, 0.1) is 0 Å². The molecule has 0 aliphatic rings. The van der Waals surface area contributed by atoms with E-state index in [9.17, 15) is 9.59 Å². The first-order valence-corrected chi connectivity index (χ1v) is 7.86. The highest BCUT2D eigenvalue weighted by Gasteiger charge is 2.05. The predicted molar refractivity (Wildman–Crippen MR) is 96.0 cm³/mol. The molecular formula is C20H19NO4. The summed E-state index contributed by atoms with van der Waals surface area (Å²) in [7, 11) is 0. The maximum absolute atomic E-state index is 11.5. The maximum Gasteiger partial charge on any atom is 0.332 e. The minimum Gasteiger partial charge on any atom is -0.463 e. The third-order valence-corrected chi connectivity index (χ3v) is 3.22. The molecular weight excluding hydrogens is 318 g/mol. The lowest BCUT2D eigenvalue weighted by Crippen LogP contribution is -2.04. The number of carbonyl (C=O) groups excluding carboxylic acids is 2. The fraction of sp³-hybridized carbons (Fsp3) is 0.150. The molecule has 25 heavy (non-hydrogen) atoms. The number of rotatable bonds is 6. The molecule has 0 aliphatic carbocycles. The second kappa shape index (κ2) is 9.17. The van der Waals surface area contributed by atoms with Crippen molar-refractivity contribution >= 4 is 17.7 Å². The summed E-state index contributed by atoms with van der Waals surface area (Å²) >= 11 is 0. The second-order valence-corrected chi connectivity index (χ2v) is 5.09. The Bertz CT molecular complexity index is 777. The van der Waals surface area contributed by atoms with Gasteiger partial charge < -0.3 is 9.57 Å². The van der Waals surface area contributed by atoms with Gasteiger partial charge in [-0.15, -0.1) is 0 Å². The van der Waals surface area contributed by atoms with Gasteiger partial charge in [-0.2, -0.15) is 0 Å². The van der Waals surface area contributed by atoms with Gasteiger partial charge in [0.1, 0.15) is 5.71 Å². The molecule has 0 bridgehead atoms. The Morgan fingerprint density at radius 1 is 0.960 bits per heavy atom. The number of hydrogen-bond acceptors (Lipinski definition) is 5. The highest BCUT2D eigenvalue weighted by atomic mass is 16.7. The zero-order valence-corrected chi connectivity index (χ0v) is 14.1. The summed E-state index contributed by atoms with van der Waals surface area (Å²) in [5.41, 5.74) is 3.20. The van der Waals surface area contributed by atoms with Crippen LogP contribution < -0.4 is 0 Å². The highest BCUT2D eigenvalue weighted by molar-refractivity contribution is 6.10. The fourth-order valence-electron chi connectivity index (χ4n) is 2.09. The van der Waals surface area contributed by atoms with Crippen LogP contribution in [0.4, 0.5) is 0 Å². The van der Waals surface area contributed by atoms with Crippen molar-refractivity contribution in [2.75, 3.05) is 6.61 Å². The molecule has 5 heteroatoms. The average molecular weight is 337 g/mol. The lowest BCUT2D eigenvalue weighted by Gasteiger charge is -2.05. The molecule has 2 aromatic rings. The average Bonchev–Trinajstić information content (AvgIpc) is 2.63. The van der Waals surface area contributed by atoms with Gasteiger partial charge in [0.05, 0.1) is 6.61 Å². The van der Waals surface area contributed by atoms with Crippen molar-refractivity contribution in [1.29, 1.82) is 0 Å². The summed E-state index contributed by atoms with van der Waals surface area (Å²) in [6, 6.07) is 17.5. The largest absolute Gasteiger partial charge is 0.463 e. The monoisotopic (exact) mass is 337 g/mol. The van der Waals surface area contributed by atoms with E-state index in [1.54, 1.807) is 6.92 Å². The first kappa shape index (κ1) is 18.1. The Morgan fingerprint density at radius 3 is 2.20 bits per heavy atom. The number of esters is 1.